The van der Waals surface area contributed by atoms with Crippen molar-refractivity contribution in [3.05, 3.63) is 58.1 Å². The number of benzene rings is 2. The van der Waals surface area contributed by atoms with Crippen LogP contribution in [0.5, 0.6) is 11.5 Å². The summed E-state index contributed by atoms with van der Waals surface area (Å²) in [7, 11) is 1.55. The molecule has 0 spiro atoms. The number of amides is 1. The number of nitro benzene ring substituents is 1. The fraction of sp³-hybridized carbons (Fsp3) is 0.188. The van der Waals surface area contributed by atoms with Gasteiger partial charge in [-0.25, -0.2) is 0 Å². The number of ether oxygens (including phenoxy) is 2. The molecular formula is C16H16N2O5. The normalized spacial score (nSPS) is 10.0. The number of hydrogen-bond acceptors (Lipinski definition) is 5. The zero-order chi connectivity index (χ0) is 16.8. The first-order valence-electron chi connectivity index (χ1n) is 6.91. The van der Waals surface area contributed by atoms with E-state index in [4.69, 9.17) is 9.47 Å². The molecule has 0 heterocycles. The van der Waals surface area contributed by atoms with Crippen molar-refractivity contribution in [3.63, 3.8) is 0 Å². The first-order chi connectivity index (χ1) is 11.0. The minimum atomic E-state index is -0.574. The summed E-state index contributed by atoms with van der Waals surface area (Å²) in [5, 5.41) is 13.7. The summed E-state index contributed by atoms with van der Waals surface area (Å²) in [6.07, 6.45) is 0. The number of rotatable bonds is 6. The van der Waals surface area contributed by atoms with E-state index in [0.717, 1.165) is 0 Å². The lowest BCUT2D eigenvalue weighted by Crippen LogP contribution is -2.12. The molecule has 120 valence electrons. The zero-order valence-corrected chi connectivity index (χ0v) is 12.7. The summed E-state index contributed by atoms with van der Waals surface area (Å²) in [6.45, 7) is 2.03. The van der Waals surface area contributed by atoms with E-state index in [1.54, 1.807) is 38.3 Å². The van der Waals surface area contributed by atoms with E-state index >= 15 is 0 Å². The van der Waals surface area contributed by atoms with E-state index in [1.165, 1.54) is 18.2 Å². The van der Waals surface area contributed by atoms with Crippen LogP contribution in [0.2, 0.25) is 0 Å². The molecule has 0 radical (unpaired) electrons. The maximum Gasteiger partial charge on any atom is 0.311 e. The van der Waals surface area contributed by atoms with Crippen LogP contribution >= 0.6 is 0 Å². The molecule has 2 aromatic rings. The third-order valence-corrected chi connectivity index (χ3v) is 3.07. The van der Waals surface area contributed by atoms with Crippen LogP contribution in [-0.2, 0) is 0 Å². The van der Waals surface area contributed by atoms with Gasteiger partial charge in [-0.2, -0.15) is 0 Å². The van der Waals surface area contributed by atoms with Crippen LogP contribution in [0.4, 0.5) is 11.4 Å². The lowest BCUT2D eigenvalue weighted by atomic mass is 10.1. The molecule has 1 N–H and O–H groups in total. The maximum atomic E-state index is 12.2. The Labute approximate surface area is 133 Å². The van der Waals surface area contributed by atoms with E-state index in [-0.39, 0.29) is 17.0 Å². The second-order valence-corrected chi connectivity index (χ2v) is 4.56. The Bertz CT molecular complexity index is 713. The molecule has 0 fully saturated rings. The second-order valence-electron chi connectivity index (χ2n) is 4.56. The summed E-state index contributed by atoms with van der Waals surface area (Å²) in [4.78, 5) is 22.7. The molecule has 0 bridgehead atoms. The Kier molecular flexibility index (Phi) is 5.14. The molecule has 1 amide bonds. The smallest absolute Gasteiger partial charge is 0.311 e. The Hall–Kier alpha value is -3.09. The molecule has 0 atom stereocenters. The van der Waals surface area contributed by atoms with Crippen molar-refractivity contribution in [1.29, 1.82) is 0 Å². The highest BCUT2D eigenvalue weighted by Crippen LogP contribution is 2.28. The number of nitrogens with one attached hydrogen (secondary N) is 1. The highest BCUT2D eigenvalue weighted by Gasteiger charge is 2.18. The number of methoxy groups -OCH3 is 1. The Balaban J connectivity index is 2.21. The van der Waals surface area contributed by atoms with Crippen LogP contribution in [0, 0.1) is 10.1 Å². The van der Waals surface area contributed by atoms with Gasteiger partial charge in [-0.05, 0) is 43.3 Å². The third-order valence-electron chi connectivity index (χ3n) is 3.07. The van der Waals surface area contributed by atoms with Crippen molar-refractivity contribution >= 4 is 17.3 Å². The molecular weight excluding hydrogens is 300 g/mol. The SMILES string of the molecule is CCOc1ccc(C(=O)Nc2ccc(OC)cc2)cc1[N+](=O)[O-]. The molecule has 2 aromatic carbocycles. The minimum absolute atomic E-state index is 0.137. The lowest BCUT2D eigenvalue weighted by Gasteiger charge is -2.08. The molecule has 7 heteroatoms. The highest BCUT2D eigenvalue weighted by atomic mass is 16.6. The molecule has 0 aromatic heterocycles. The van der Waals surface area contributed by atoms with Crippen molar-refractivity contribution < 1.29 is 19.2 Å². The average Bonchev–Trinajstić information content (AvgIpc) is 2.56. The van der Waals surface area contributed by atoms with E-state index in [9.17, 15) is 14.9 Å². The third kappa shape index (κ3) is 3.97. The fourth-order valence-corrected chi connectivity index (χ4v) is 1.96. The number of carbonyl (C=O) groups excluding carboxylic acids is 1. The average molecular weight is 316 g/mol. The Morgan fingerprint density at radius 1 is 1.22 bits per heavy atom. The van der Waals surface area contributed by atoms with Crippen molar-refractivity contribution in [2.75, 3.05) is 19.0 Å². The number of hydrogen-bond donors (Lipinski definition) is 1. The highest BCUT2D eigenvalue weighted by molar-refractivity contribution is 6.04. The minimum Gasteiger partial charge on any atom is -0.497 e. The molecule has 0 saturated carbocycles. The number of nitrogens with zero attached hydrogens (tertiary/aromatic N) is 1. The zero-order valence-electron chi connectivity index (χ0n) is 12.7. The lowest BCUT2D eigenvalue weighted by molar-refractivity contribution is -0.385. The van der Waals surface area contributed by atoms with Crippen molar-refractivity contribution in [1.82, 2.24) is 0 Å². The molecule has 0 unspecified atom stereocenters. The molecule has 0 aliphatic heterocycles. The summed E-state index contributed by atoms with van der Waals surface area (Å²) >= 11 is 0. The molecule has 0 aliphatic carbocycles. The van der Waals surface area contributed by atoms with Crippen molar-refractivity contribution in [2.45, 2.75) is 6.92 Å². The van der Waals surface area contributed by atoms with Crippen molar-refractivity contribution in [3.8, 4) is 11.5 Å². The van der Waals surface area contributed by atoms with Crippen LogP contribution in [-0.4, -0.2) is 24.5 Å². The van der Waals surface area contributed by atoms with E-state index in [0.29, 0.717) is 18.0 Å². The first kappa shape index (κ1) is 16.3. The van der Waals surface area contributed by atoms with Gasteiger partial charge in [0.1, 0.15) is 5.75 Å². The van der Waals surface area contributed by atoms with Gasteiger partial charge in [-0.1, -0.05) is 0 Å². The topological polar surface area (TPSA) is 90.7 Å². The van der Waals surface area contributed by atoms with Crippen LogP contribution in [0.15, 0.2) is 42.5 Å². The quantitative estimate of drug-likeness (QED) is 0.652. The molecule has 7 nitrogen and oxygen atoms in total. The Morgan fingerprint density at radius 3 is 2.48 bits per heavy atom. The van der Waals surface area contributed by atoms with Gasteiger partial charge in [0.2, 0.25) is 0 Å². The Morgan fingerprint density at radius 2 is 1.91 bits per heavy atom. The van der Waals surface area contributed by atoms with Gasteiger partial charge in [-0.15, -0.1) is 0 Å². The van der Waals surface area contributed by atoms with Crippen LogP contribution in [0.3, 0.4) is 0 Å². The number of carbonyl (C=O) groups is 1. The molecule has 0 aliphatic rings. The van der Waals surface area contributed by atoms with Gasteiger partial charge in [0, 0.05) is 17.3 Å². The summed E-state index contributed by atoms with van der Waals surface area (Å²) < 4.78 is 10.2. The summed E-state index contributed by atoms with van der Waals surface area (Å²) in [6, 6.07) is 10.9. The van der Waals surface area contributed by atoms with Gasteiger partial charge < -0.3 is 14.8 Å². The molecule has 23 heavy (non-hydrogen) atoms. The predicted octanol–water partition coefficient (Wildman–Crippen LogP) is 3.25. The van der Waals surface area contributed by atoms with Crippen LogP contribution in [0.25, 0.3) is 0 Å². The van der Waals surface area contributed by atoms with E-state index in [1.807, 2.05) is 0 Å². The van der Waals surface area contributed by atoms with E-state index in [2.05, 4.69) is 5.32 Å². The number of nitro groups is 1. The first-order valence-corrected chi connectivity index (χ1v) is 6.91. The fourth-order valence-electron chi connectivity index (χ4n) is 1.96. The summed E-state index contributed by atoms with van der Waals surface area (Å²) in [5.41, 5.74) is 0.498. The largest absolute Gasteiger partial charge is 0.497 e. The molecule has 2 rings (SSSR count). The van der Waals surface area contributed by atoms with Gasteiger partial charge >= 0.3 is 5.69 Å². The van der Waals surface area contributed by atoms with Gasteiger partial charge in [0.15, 0.2) is 5.75 Å². The van der Waals surface area contributed by atoms with Gasteiger partial charge in [0.25, 0.3) is 5.91 Å². The van der Waals surface area contributed by atoms with E-state index < -0.39 is 10.8 Å². The monoisotopic (exact) mass is 316 g/mol. The standard InChI is InChI=1S/C16H16N2O5/c1-3-23-15-9-4-11(10-14(15)18(20)21)16(19)17-12-5-7-13(22-2)8-6-12/h4-10H,3H2,1-2H3,(H,17,19). The second kappa shape index (κ2) is 7.26. The van der Waals surface area contributed by atoms with Crippen LogP contribution < -0.4 is 14.8 Å². The predicted molar refractivity (Wildman–Crippen MR) is 85.2 cm³/mol. The van der Waals surface area contributed by atoms with Crippen LogP contribution in [0.1, 0.15) is 17.3 Å². The van der Waals surface area contributed by atoms with Gasteiger partial charge in [-0.3, -0.25) is 14.9 Å². The van der Waals surface area contributed by atoms with Crippen molar-refractivity contribution in [2.24, 2.45) is 0 Å². The number of anilines is 1. The van der Waals surface area contributed by atoms with Gasteiger partial charge in [0.05, 0.1) is 18.6 Å². The maximum absolute atomic E-state index is 12.2. The summed E-state index contributed by atoms with van der Waals surface area (Å²) in [5.74, 6) is 0.361. The molecule has 0 saturated heterocycles.